The molecule has 2 heteroatoms. The first-order valence-corrected chi connectivity index (χ1v) is 4.70. The van der Waals surface area contributed by atoms with Crippen LogP contribution in [0.3, 0.4) is 0 Å². The van der Waals surface area contributed by atoms with Gasteiger partial charge in [-0.1, -0.05) is 30.7 Å². The summed E-state index contributed by atoms with van der Waals surface area (Å²) in [5, 5.41) is 8.70. The summed E-state index contributed by atoms with van der Waals surface area (Å²) in [6.45, 7) is 2.19. The molecule has 14 heavy (non-hydrogen) atoms. The van der Waals surface area contributed by atoms with Crippen molar-refractivity contribution in [2.24, 2.45) is 5.92 Å². The van der Waals surface area contributed by atoms with Crippen molar-refractivity contribution in [3.05, 3.63) is 41.0 Å². The molecule has 72 valence electrons. The Kier molecular flexibility index (Phi) is 2.12. The molecule has 1 saturated carbocycles. The van der Waals surface area contributed by atoms with Gasteiger partial charge >= 0.3 is 5.97 Å². The van der Waals surface area contributed by atoms with Gasteiger partial charge in [-0.15, -0.1) is 0 Å². The number of carbonyl (C=O) groups is 1. The zero-order valence-electron chi connectivity index (χ0n) is 8.03. The van der Waals surface area contributed by atoms with Gasteiger partial charge in [0.1, 0.15) is 0 Å². The quantitative estimate of drug-likeness (QED) is 0.774. The summed E-state index contributed by atoms with van der Waals surface area (Å²) in [6, 6.07) is 6.98. The molecule has 1 aliphatic carbocycles. The summed E-state index contributed by atoms with van der Waals surface area (Å²) < 4.78 is 0. The Morgan fingerprint density at radius 1 is 1.43 bits per heavy atom. The maximum atomic E-state index is 10.6. The van der Waals surface area contributed by atoms with Gasteiger partial charge < -0.3 is 5.11 Å². The van der Waals surface area contributed by atoms with E-state index in [0.717, 1.165) is 5.56 Å². The van der Waals surface area contributed by atoms with Crippen LogP contribution in [0.1, 0.15) is 29.3 Å². The van der Waals surface area contributed by atoms with E-state index < -0.39 is 5.97 Å². The van der Waals surface area contributed by atoms with Crippen LogP contribution in [-0.4, -0.2) is 11.1 Å². The minimum Gasteiger partial charge on any atom is -0.478 e. The van der Waals surface area contributed by atoms with Crippen LogP contribution >= 0.6 is 0 Å². The molecule has 1 N–H and O–H groups in total. The predicted molar refractivity (Wildman–Crippen MR) is 55.2 cm³/mol. The van der Waals surface area contributed by atoms with E-state index in [2.05, 4.69) is 13.0 Å². The van der Waals surface area contributed by atoms with Gasteiger partial charge in [0, 0.05) is 0 Å². The first-order chi connectivity index (χ1) is 6.66. The normalized spacial score (nSPS) is 22.4. The second kappa shape index (κ2) is 3.29. The van der Waals surface area contributed by atoms with Crippen molar-refractivity contribution in [2.75, 3.05) is 0 Å². The van der Waals surface area contributed by atoms with Gasteiger partial charge in [-0.05, 0) is 30.0 Å². The van der Waals surface area contributed by atoms with Crippen LogP contribution in [-0.2, 0) is 0 Å². The van der Waals surface area contributed by atoms with Crippen molar-refractivity contribution in [3.8, 4) is 0 Å². The molecule has 1 atom stereocenters. The predicted octanol–water partition coefficient (Wildman–Crippen LogP) is 2.81. The highest BCUT2D eigenvalue weighted by Crippen LogP contribution is 2.38. The number of allylic oxidation sites excluding steroid dienone is 1. The summed E-state index contributed by atoms with van der Waals surface area (Å²) in [4.78, 5) is 10.6. The van der Waals surface area contributed by atoms with Crippen LogP contribution in [0.4, 0.5) is 0 Å². The summed E-state index contributed by atoms with van der Waals surface area (Å²) in [7, 11) is 0. The van der Waals surface area contributed by atoms with Gasteiger partial charge in [-0.2, -0.15) is 0 Å². The van der Waals surface area contributed by atoms with Crippen LogP contribution in [0.15, 0.2) is 29.8 Å². The number of benzene rings is 1. The average Bonchev–Trinajstić information content (AvgIpc) is 2.82. The van der Waals surface area contributed by atoms with E-state index in [1.165, 1.54) is 12.0 Å². The van der Waals surface area contributed by atoms with Crippen molar-refractivity contribution >= 4 is 12.0 Å². The zero-order valence-corrected chi connectivity index (χ0v) is 8.03. The Hall–Kier alpha value is -1.57. The molecule has 1 unspecified atom stereocenters. The van der Waals surface area contributed by atoms with Crippen LogP contribution in [0.2, 0.25) is 0 Å². The summed E-state index contributed by atoms with van der Waals surface area (Å²) >= 11 is 0. The maximum absolute atomic E-state index is 10.6. The fourth-order valence-electron chi connectivity index (χ4n) is 1.43. The molecule has 0 saturated heterocycles. The minimum atomic E-state index is -0.871. The van der Waals surface area contributed by atoms with E-state index in [0.29, 0.717) is 11.5 Å². The molecule has 0 bridgehead atoms. The molecule has 0 heterocycles. The van der Waals surface area contributed by atoms with Gasteiger partial charge in [-0.25, -0.2) is 4.79 Å². The molecule has 1 aromatic rings. The third kappa shape index (κ3) is 1.84. The average molecular weight is 188 g/mol. The monoisotopic (exact) mass is 188 g/mol. The molecular weight excluding hydrogens is 176 g/mol. The number of aromatic carboxylic acids is 1. The first kappa shape index (κ1) is 9.00. The molecule has 1 fully saturated rings. The minimum absolute atomic E-state index is 0.344. The smallest absolute Gasteiger partial charge is 0.335 e. The fraction of sp³-hybridized carbons (Fsp3) is 0.250. The highest BCUT2D eigenvalue weighted by Gasteiger charge is 2.23. The lowest BCUT2D eigenvalue weighted by molar-refractivity contribution is 0.0697. The highest BCUT2D eigenvalue weighted by molar-refractivity contribution is 5.87. The lowest BCUT2D eigenvalue weighted by Gasteiger charge is -1.95. The largest absolute Gasteiger partial charge is 0.478 e. The number of carboxylic acids is 1. The molecule has 0 aliphatic heterocycles. The molecule has 0 spiro atoms. The van der Waals surface area contributed by atoms with Crippen LogP contribution in [0.5, 0.6) is 0 Å². The number of carboxylic acid groups (broad SMARTS) is 1. The van der Waals surface area contributed by atoms with Gasteiger partial charge in [0.15, 0.2) is 0 Å². The van der Waals surface area contributed by atoms with Crippen LogP contribution in [0.25, 0.3) is 6.08 Å². The second-order valence-electron chi connectivity index (χ2n) is 3.75. The molecule has 0 radical (unpaired) electrons. The lowest BCUT2D eigenvalue weighted by Crippen LogP contribution is -1.94. The van der Waals surface area contributed by atoms with Crippen LogP contribution < -0.4 is 0 Å². The Bertz CT molecular complexity index is 387. The van der Waals surface area contributed by atoms with Gasteiger partial charge in [0.05, 0.1) is 5.56 Å². The fourth-order valence-corrected chi connectivity index (χ4v) is 1.43. The Labute approximate surface area is 82.9 Å². The zero-order chi connectivity index (χ0) is 10.1. The molecule has 1 aliphatic rings. The third-order valence-corrected chi connectivity index (χ3v) is 2.52. The third-order valence-electron chi connectivity index (χ3n) is 2.52. The molecular formula is C12H12O2. The molecule has 2 nitrogen and oxygen atoms in total. The lowest BCUT2D eigenvalue weighted by atomic mass is 10.1. The highest BCUT2D eigenvalue weighted by atomic mass is 16.4. The van der Waals surface area contributed by atoms with E-state index in [1.54, 1.807) is 12.1 Å². The number of hydrogen-bond donors (Lipinski definition) is 1. The first-order valence-electron chi connectivity index (χ1n) is 4.70. The van der Waals surface area contributed by atoms with E-state index in [1.807, 2.05) is 12.1 Å². The van der Waals surface area contributed by atoms with Gasteiger partial charge in [0.25, 0.3) is 0 Å². The Morgan fingerprint density at radius 2 is 2.00 bits per heavy atom. The Morgan fingerprint density at radius 3 is 2.43 bits per heavy atom. The van der Waals surface area contributed by atoms with Crippen molar-refractivity contribution in [2.45, 2.75) is 13.3 Å². The topological polar surface area (TPSA) is 37.3 Å². The Balaban J connectivity index is 2.18. The summed E-state index contributed by atoms with van der Waals surface area (Å²) in [5.74, 6) is -0.154. The van der Waals surface area contributed by atoms with Gasteiger partial charge in [-0.3, -0.25) is 0 Å². The van der Waals surface area contributed by atoms with E-state index >= 15 is 0 Å². The number of hydrogen-bond acceptors (Lipinski definition) is 1. The molecule has 0 aromatic heterocycles. The SMILES string of the molecule is CC1C/C1=C\c1ccc(C(=O)O)cc1. The van der Waals surface area contributed by atoms with E-state index in [-0.39, 0.29) is 0 Å². The summed E-state index contributed by atoms with van der Waals surface area (Å²) in [5.41, 5.74) is 2.89. The van der Waals surface area contributed by atoms with Gasteiger partial charge in [0.2, 0.25) is 0 Å². The van der Waals surface area contributed by atoms with E-state index in [4.69, 9.17) is 5.11 Å². The van der Waals surface area contributed by atoms with Crippen molar-refractivity contribution in [3.63, 3.8) is 0 Å². The summed E-state index contributed by atoms with van der Waals surface area (Å²) in [6.07, 6.45) is 3.32. The second-order valence-corrected chi connectivity index (χ2v) is 3.75. The molecule has 1 aromatic carbocycles. The molecule has 0 amide bonds. The van der Waals surface area contributed by atoms with E-state index in [9.17, 15) is 4.79 Å². The number of rotatable bonds is 2. The van der Waals surface area contributed by atoms with Crippen molar-refractivity contribution in [1.82, 2.24) is 0 Å². The maximum Gasteiger partial charge on any atom is 0.335 e. The molecule has 2 rings (SSSR count). The van der Waals surface area contributed by atoms with Crippen molar-refractivity contribution < 1.29 is 9.90 Å². The standard InChI is InChI=1S/C12H12O2/c1-8-6-11(8)7-9-2-4-10(5-3-9)12(13)14/h2-5,7-8H,6H2,1H3,(H,13,14)/b11-7+. The van der Waals surface area contributed by atoms with Crippen LogP contribution in [0, 0.1) is 5.92 Å². The van der Waals surface area contributed by atoms with Crippen molar-refractivity contribution in [1.29, 1.82) is 0 Å².